The number of ether oxygens (including phenoxy) is 1. The number of nitrogens with one attached hydrogen (secondary N) is 1. The van der Waals surface area contributed by atoms with Crippen LogP contribution in [0.5, 0.6) is 0 Å². The first kappa shape index (κ1) is 14.4. The van der Waals surface area contributed by atoms with Crippen molar-refractivity contribution in [1.82, 2.24) is 5.32 Å². The van der Waals surface area contributed by atoms with E-state index in [0.29, 0.717) is 18.5 Å². The summed E-state index contributed by atoms with van der Waals surface area (Å²) in [7, 11) is 3.87. The van der Waals surface area contributed by atoms with Crippen LogP contribution in [0.15, 0.2) is 24.3 Å². The zero-order valence-corrected chi connectivity index (χ0v) is 11.9. The van der Waals surface area contributed by atoms with Crippen molar-refractivity contribution in [1.29, 1.82) is 0 Å². The van der Waals surface area contributed by atoms with Crippen LogP contribution >= 0.6 is 0 Å². The quantitative estimate of drug-likeness (QED) is 0.852. The van der Waals surface area contributed by atoms with E-state index < -0.39 is 12.1 Å². The number of benzene rings is 1. The Morgan fingerprint density at radius 2 is 1.95 bits per heavy atom. The fourth-order valence-electron chi connectivity index (χ4n) is 2.12. The highest BCUT2D eigenvalue weighted by Crippen LogP contribution is 2.15. The highest BCUT2D eigenvalue weighted by atomic mass is 16.5. The minimum absolute atomic E-state index is 0.194. The maximum Gasteiger partial charge on any atom is 0.338 e. The minimum Gasteiger partial charge on any atom is -0.449 e. The normalized spacial score (nSPS) is 18.9. The van der Waals surface area contributed by atoms with E-state index in [2.05, 4.69) is 5.32 Å². The van der Waals surface area contributed by atoms with Crippen molar-refractivity contribution in [3.8, 4) is 0 Å². The molecule has 20 heavy (non-hydrogen) atoms. The maximum absolute atomic E-state index is 12.0. The molecule has 1 atom stereocenters. The molecular weight excluding hydrogens is 256 g/mol. The summed E-state index contributed by atoms with van der Waals surface area (Å²) in [6.07, 6.45) is 1.74. The van der Waals surface area contributed by atoms with Crippen LogP contribution in [0, 0.1) is 0 Å². The molecule has 0 bridgehead atoms. The van der Waals surface area contributed by atoms with Gasteiger partial charge in [0.1, 0.15) is 0 Å². The molecule has 0 aromatic heterocycles. The molecular formula is C15H20N2O3. The summed E-state index contributed by atoms with van der Waals surface area (Å²) in [5.74, 6) is -0.641. The average Bonchev–Trinajstić information content (AvgIpc) is 2.64. The number of nitrogens with zero attached hydrogens (tertiary/aromatic N) is 1. The lowest BCUT2D eigenvalue weighted by Crippen LogP contribution is -2.36. The third-order valence-electron chi connectivity index (χ3n) is 3.35. The molecule has 1 heterocycles. The number of carbonyl (C=O) groups excluding carboxylic acids is 2. The summed E-state index contributed by atoms with van der Waals surface area (Å²) >= 11 is 0. The van der Waals surface area contributed by atoms with E-state index in [1.807, 2.05) is 31.1 Å². The van der Waals surface area contributed by atoms with Crippen molar-refractivity contribution in [3.63, 3.8) is 0 Å². The fraction of sp³-hybridized carbons (Fsp3) is 0.467. The molecule has 1 unspecified atom stereocenters. The van der Waals surface area contributed by atoms with Crippen molar-refractivity contribution >= 4 is 17.6 Å². The van der Waals surface area contributed by atoms with Crippen LogP contribution in [-0.4, -0.2) is 38.6 Å². The van der Waals surface area contributed by atoms with Gasteiger partial charge in [0.15, 0.2) is 6.10 Å². The number of amides is 1. The Hall–Kier alpha value is -2.04. The van der Waals surface area contributed by atoms with Crippen LogP contribution in [0.2, 0.25) is 0 Å². The van der Waals surface area contributed by atoms with Crippen LogP contribution in [0.1, 0.15) is 29.6 Å². The molecule has 1 aliphatic rings. The van der Waals surface area contributed by atoms with Crippen molar-refractivity contribution < 1.29 is 14.3 Å². The van der Waals surface area contributed by atoms with Gasteiger partial charge in [0.05, 0.1) is 5.56 Å². The van der Waals surface area contributed by atoms with Gasteiger partial charge in [-0.05, 0) is 43.5 Å². The summed E-state index contributed by atoms with van der Waals surface area (Å²) in [5.41, 5.74) is 1.47. The molecule has 1 fully saturated rings. The summed E-state index contributed by atoms with van der Waals surface area (Å²) in [6, 6.07) is 7.13. The zero-order chi connectivity index (χ0) is 14.5. The summed E-state index contributed by atoms with van der Waals surface area (Å²) in [5, 5.41) is 2.75. The van der Waals surface area contributed by atoms with Crippen LogP contribution in [0.4, 0.5) is 5.69 Å². The molecule has 0 saturated carbocycles. The Morgan fingerprint density at radius 1 is 1.25 bits per heavy atom. The van der Waals surface area contributed by atoms with Gasteiger partial charge in [0.2, 0.25) is 0 Å². The lowest BCUT2D eigenvalue weighted by molar-refractivity contribution is -0.129. The van der Waals surface area contributed by atoms with Gasteiger partial charge in [0.25, 0.3) is 5.91 Å². The van der Waals surface area contributed by atoms with E-state index in [1.54, 1.807) is 12.1 Å². The molecule has 2 rings (SSSR count). The van der Waals surface area contributed by atoms with Gasteiger partial charge in [-0.15, -0.1) is 0 Å². The number of rotatable bonds is 3. The number of carbonyl (C=O) groups is 2. The molecule has 1 amide bonds. The minimum atomic E-state index is -0.668. The Kier molecular flexibility index (Phi) is 4.61. The lowest BCUT2D eigenvalue weighted by Gasteiger charge is -2.15. The highest BCUT2D eigenvalue weighted by molar-refractivity contribution is 5.92. The molecule has 0 aliphatic carbocycles. The highest BCUT2D eigenvalue weighted by Gasteiger charge is 2.24. The third kappa shape index (κ3) is 3.50. The van der Waals surface area contributed by atoms with Crippen LogP contribution < -0.4 is 10.2 Å². The van der Waals surface area contributed by atoms with E-state index in [4.69, 9.17) is 4.74 Å². The summed E-state index contributed by atoms with van der Waals surface area (Å²) < 4.78 is 5.31. The second kappa shape index (κ2) is 6.41. The SMILES string of the molecule is CN(C)c1ccc(C(=O)OC2CCCCNC2=O)cc1. The van der Waals surface area contributed by atoms with Crippen molar-refractivity contribution in [2.45, 2.75) is 25.4 Å². The second-order valence-corrected chi connectivity index (χ2v) is 5.12. The van der Waals surface area contributed by atoms with Gasteiger partial charge in [-0.1, -0.05) is 0 Å². The Bertz CT molecular complexity index is 482. The third-order valence-corrected chi connectivity index (χ3v) is 3.35. The lowest BCUT2D eigenvalue weighted by atomic mass is 10.1. The number of hydrogen-bond acceptors (Lipinski definition) is 4. The smallest absolute Gasteiger partial charge is 0.338 e. The van der Waals surface area contributed by atoms with E-state index in [0.717, 1.165) is 18.5 Å². The molecule has 1 aromatic carbocycles. The number of anilines is 1. The van der Waals surface area contributed by atoms with Crippen molar-refractivity contribution in [2.75, 3.05) is 25.5 Å². The zero-order valence-electron chi connectivity index (χ0n) is 11.9. The van der Waals surface area contributed by atoms with E-state index in [-0.39, 0.29) is 5.91 Å². The van der Waals surface area contributed by atoms with E-state index in [1.165, 1.54) is 0 Å². The van der Waals surface area contributed by atoms with Gasteiger partial charge in [0, 0.05) is 26.3 Å². The van der Waals surface area contributed by atoms with Gasteiger partial charge in [-0.2, -0.15) is 0 Å². The molecule has 1 aromatic rings. The van der Waals surface area contributed by atoms with Gasteiger partial charge < -0.3 is 15.0 Å². The van der Waals surface area contributed by atoms with Crippen LogP contribution in [0.3, 0.4) is 0 Å². The summed E-state index contributed by atoms with van der Waals surface area (Å²) in [4.78, 5) is 25.7. The average molecular weight is 276 g/mol. The molecule has 5 nitrogen and oxygen atoms in total. The monoisotopic (exact) mass is 276 g/mol. The number of hydrogen-bond donors (Lipinski definition) is 1. The predicted molar refractivity (Wildman–Crippen MR) is 76.8 cm³/mol. The second-order valence-electron chi connectivity index (χ2n) is 5.12. The van der Waals surface area contributed by atoms with Crippen LogP contribution in [0.25, 0.3) is 0 Å². The van der Waals surface area contributed by atoms with E-state index >= 15 is 0 Å². The first-order chi connectivity index (χ1) is 9.58. The molecule has 0 spiro atoms. The molecule has 1 saturated heterocycles. The Labute approximate surface area is 118 Å². The number of esters is 1. The first-order valence-corrected chi connectivity index (χ1v) is 6.84. The molecule has 0 radical (unpaired) electrons. The maximum atomic E-state index is 12.0. The molecule has 108 valence electrons. The van der Waals surface area contributed by atoms with Crippen LogP contribution in [-0.2, 0) is 9.53 Å². The molecule has 5 heteroatoms. The van der Waals surface area contributed by atoms with Crippen molar-refractivity contribution in [3.05, 3.63) is 29.8 Å². The molecule has 1 N–H and O–H groups in total. The first-order valence-electron chi connectivity index (χ1n) is 6.84. The summed E-state index contributed by atoms with van der Waals surface area (Å²) in [6.45, 7) is 0.657. The Morgan fingerprint density at radius 3 is 2.60 bits per heavy atom. The fourth-order valence-corrected chi connectivity index (χ4v) is 2.12. The van der Waals surface area contributed by atoms with Gasteiger partial charge in [-0.3, -0.25) is 4.79 Å². The largest absolute Gasteiger partial charge is 0.449 e. The standard InChI is InChI=1S/C15H20N2O3/c1-17(2)12-8-6-11(7-9-12)15(19)20-13-5-3-4-10-16-14(13)18/h6-9,13H,3-5,10H2,1-2H3,(H,16,18). The predicted octanol–water partition coefficient (Wildman–Crippen LogP) is 1.58. The Balaban J connectivity index is 2.01. The van der Waals surface area contributed by atoms with E-state index in [9.17, 15) is 9.59 Å². The van der Waals surface area contributed by atoms with Crippen molar-refractivity contribution in [2.24, 2.45) is 0 Å². The molecule has 1 aliphatic heterocycles. The van der Waals surface area contributed by atoms with Gasteiger partial charge in [-0.25, -0.2) is 4.79 Å². The topological polar surface area (TPSA) is 58.6 Å². The van der Waals surface area contributed by atoms with Gasteiger partial charge >= 0.3 is 5.97 Å².